The molecule has 0 saturated carbocycles. The molecule has 19 nitrogen and oxygen atoms in total. The number of likely N-dealkylation sites (tertiary alicyclic amines) is 2. The van der Waals surface area contributed by atoms with Crippen LogP contribution in [0.3, 0.4) is 0 Å². The van der Waals surface area contributed by atoms with Crippen molar-refractivity contribution in [3.8, 4) is 0 Å². The Balaban J connectivity index is 1.57. The van der Waals surface area contributed by atoms with E-state index in [1.807, 2.05) is 74.5 Å². The van der Waals surface area contributed by atoms with Crippen LogP contribution < -0.4 is 21.3 Å². The van der Waals surface area contributed by atoms with Crippen LogP contribution in [0.25, 0.3) is 0 Å². The van der Waals surface area contributed by atoms with E-state index in [9.17, 15) is 38.7 Å². The molecular formula is C52H79N7O12. The number of hydrogen-bond donors (Lipinski definition) is 5. The van der Waals surface area contributed by atoms with Gasteiger partial charge in [-0.05, 0) is 90.7 Å². The predicted octanol–water partition coefficient (Wildman–Crippen LogP) is 4.31. The van der Waals surface area contributed by atoms with E-state index in [0.717, 1.165) is 11.1 Å². The molecule has 5 N–H and O–H groups in total. The Morgan fingerprint density at radius 2 is 1.20 bits per heavy atom. The molecule has 71 heavy (non-hydrogen) atoms. The molecule has 0 spiro atoms. The van der Waals surface area contributed by atoms with Crippen LogP contribution in [-0.2, 0) is 55.8 Å². The molecular weight excluding hydrogens is 915 g/mol. The summed E-state index contributed by atoms with van der Waals surface area (Å²) in [7, 11) is 1.57. The number of piperazine rings is 1. The number of piperidine rings is 1. The zero-order chi connectivity index (χ0) is 52.3. The van der Waals surface area contributed by atoms with Gasteiger partial charge in [0.15, 0.2) is 0 Å². The number of aliphatic carboxylic acids is 1. The number of carboxylic acids is 1. The number of alkyl carbamates (subject to hydrolysis) is 1. The van der Waals surface area contributed by atoms with Crippen LogP contribution in [0.15, 0.2) is 60.7 Å². The molecule has 2 aliphatic heterocycles. The van der Waals surface area contributed by atoms with Gasteiger partial charge in [-0.25, -0.2) is 9.59 Å². The van der Waals surface area contributed by atoms with E-state index < -0.39 is 71.2 Å². The fraction of sp³-hybridized carbons (Fsp3) is 0.635. The van der Waals surface area contributed by atoms with Gasteiger partial charge < -0.3 is 55.1 Å². The predicted molar refractivity (Wildman–Crippen MR) is 266 cm³/mol. The van der Waals surface area contributed by atoms with Crippen molar-refractivity contribution in [2.24, 2.45) is 5.92 Å². The second kappa shape index (κ2) is 27.7. The van der Waals surface area contributed by atoms with E-state index >= 15 is 0 Å². The molecule has 6 atom stereocenters. The number of unbranched alkanes of at least 4 members (excludes halogenated alkanes) is 1. The number of nitrogens with zero attached hydrogens (tertiary/aromatic N) is 3. The first kappa shape index (κ1) is 57.8. The molecule has 0 aromatic heterocycles. The third-order valence-electron chi connectivity index (χ3n) is 11.8. The van der Waals surface area contributed by atoms with Crippen LogP contribution in [0.2, 0.25) is 0 Å². The van der Waals surface area contributed by atoms with Gasteiger partial charge in [0.1, 0.15) is 35.4 Å². The van der Waals surface area contributed by atoms with Gasteiger partial charge in [-0.3, -0.25) is 28.9 Å². The lowest BCUT2D eigenvalue weighted by Gasteiger charge is -2.56. The first-order valence-corrected chi connectivity index (χ1v) is 24.8. The third-order valence-corrected chi connectivity index (χ3v) is 11.8. The SMILES string of the molecule is COCCOCCN(CCCC[C@@H](NC(=O)[C@@H](CC(C)C)NC(=O)[C@@H](Cc1ccccc1)NC(=O)[C@@H](Cc1ccccc1)NC(=O)OC(C)(C)C)C(=O)N1C2CC1CN(CC(=O)O)C2)C(=O)OC(C)(C)C. The smallest absolute Gasteiger partial charge is 0.410 e. The highest BCUT2D eigenvalue weighted by molar-refractivity contribution is 5.95. The summed E-state index contributed by atoms with van der Waals surface area (Å²) in [6, 6.07) is 13.2. The molecule has 4 rings (SSSR count). The highest BCUT2D eigenvalue weighted by Gasteiger charge is 2.49. The number of nitrogens with one attached hydrogen (secondary N) is 4. The first-order valence-electron chi connectivity index (χ1n) is 24.8. The molecule has 2 saturated heterocycles. The maximum Gasteiger partial charge on any atom is 0.410 e. The van der Waals surface area contributed by atoms with Crippen molar-refractivity contribution < 1.29 is 57.6 Å². The average Bonchev–Trinajstić information content (AvgIpc) is 3.27. The molecule has 2 aliphatic rings. The number of carboxylic acid groups (broad SMARTS) is 1. The summed E-state index contributed by atoms with van der Waals surface area (Å²) in [4.78, 5) is 101. The number of carbonyl (C=O) groups excluding carboxylic acids is 6. The monoisotopic (exact) mass is 994 g/mol. The Morgan fingerprint density at radius 3 is 1.72 bits per heavy atom. The standard InChI is InChI=1S/C52H79N7O12/c1-35(2)28-41(54-46(63)42(29-36-18-12-10-13-19-36)55-47(64)43(30-37-20-14-11-15-21-37)56-49(66)70-51(3,4)5)45(62)53-40(48(65)59-38-31-39(59)33-57(32-38)34-44(60)61)22-16-17-23-58(24-25-69-27-26-68-9)50(67)71-52(6,7)8/h10-15,18-21,35,38-43H,16-17,22-34H2,1-9H3,(H,53,62)(H,54,63)(H,55,64)(H,56,66)(H,60,61)/t38?,39?,40-,41-,42-,43-/m1/s1. The molecule has 6 amide bonds. The van der Waals surface area contributed by atoms with Gasteiger partial charge in [-0.2, -0.15) is 0 Å². The first-order chi connectivity index (χ1) is 33.5. The summed E-state index contributed by atoms with van der Waals surface area (Å²) < 4.78 is 21.9. The Bertz CT molecular complexity index is 2030. The molecule has 0 aliphatic carbocycles. The van der Waals surface area contributed by atoms with Crippen LogP contribution in [-0.4, -0.2) is 169 Å². The zero-order valence-electron chi connectivity index (χ0n) is 43.2. The second-order valence-electron chi connectivity index (χ2n) is 20.8. The Labute approximate surface area is 419 Å². The van der Waals surface area contributed by atoms with Gasteiger partial charge >= 0.3 is 18.2 Å². The van der Waals surface area contributed by atoms with Crippen molar-refractivity contribution in [1.29, 1.82) is 0 Å². The maximum absolute atomic E-state index is 14.6. The van der Waals surface area contributed by atoms with Gasteiger partial charge in [0.05, 0.1) is 26.4 Å². The molecule has 19 heteroatoms. The Morgan fingerprint density at radius 1 is 0.676 bits per heavy atom. The zero-order valence-corrected chi connectivity index (χ0v) is 43.2. The van der Waals surface area contributed by atoms with E-state index in [4.69, 9.17) is 18.9 Å². The Kier molecular flexibility index (Phi) is 22.6. The average molecular weight is 994 g/mol. The van der Waals surface area contributed by atoms with Gasteiger partial charge in [0, 0.05) is 58.2 Å². The molecule has 2 bridgehead atoms. The molecule has 2 aromatic rings. The summed E-state index contributed by atoms with van der Waals surface area (Å²) in [5, 5.41) is 20.9. The molecule has 0 radical (unpaired) electrons. The minimum absolute atomic E-state index is 0.0518. The summed E-state index contributed by atoms with van der Waals surface area (Å²) in [5.41, 5.74) is -0.0892. The van der Waals surface area contributed by atoms with Gasteiger partial charge in [-0.15, -0.1) is 0 Å². The summed E-state index contributed by atoms with van der Waals surface area (Å²) in [5.74, 6) is -3.24. The summed E-state index contributed by atoms with van der Waals surface area (Å²) in [6.45, 7) is 16.5. The fourth-order valence-electron chi connectivity index (χ4n) is 8.59. The lowest BCUT2D eigenvalue weighted by Crippen LogP contribution is -2.72. The third kappa shape index (κ3) is 20.5. The number of ether oxygens (including phenoxy) is 4. The number of amides is 6. The number of rotatable bonds is 27. The van der Waals surface area contributed by atoms with Gasteiger partial charge in [0.2, 0.25) is 23.6 Å². The van der Waals surface area contributed by atoms with Crippen LogP contribution in [0.1, 0.15) is 98.6 Å². The molecule has 2 fully saturated rings. The number of methoxy groups -OCH3 is 1. The van der Waals surface area contributed by atoms with Crippen LogP contribution >= 0.6 is 0 Å². The van der Waals surface area contributed by atoms with E-state index in [2.05, 4.69) is 21.3 Å². The quantitative estimate of drug-likeness (QED) is 0.0787. The molecule has 2 aromatic carbocycles. The van der Waals surface area contributed by atoms with E-state index in [0.29, 0.717) is 45.6 Å². The van der Waals surface area contributed by atoms with Crippen molar-refractivity contribution in [2.45, 2.75) is 148 Å². The highest BCUT2D eigenvalue weighted by Crippen LogP contribution is 2.33. The second-order valence-corrected chi connectivity index (χ2v) is 20.8. The van der Waals surface area contributed by atoms with E-state index in [-0.39, 0.29) is 75.8 Å². The fourth-order valence-corrected chi connectivity index (χ4v) is 8.59. The van der Waals surface area contributed by atoms with Gasteiger partial charge in [-0.1, -0.05) is 74.5 Å². The maximum atomic E-state index is 14.6. The highest BCUT2D eigenvalue weighted by atomic mass is 16.6. The lowest BCUT2D eigenvalue weighted by molar-refractivity contribution is -0.159. The summed E-state index contributed by atoms with van der Waals surface area (Å²) in [6.07, 6.45) is 0.812. The topological polar surface area (TPSA) is 234 Å². The summed E-state index contributed by atoms with van der Waals surface area (Å²) >= 11 is 0. The minimum Gasteiger partial charge on any atom is -0.480 e. The molecule has 2 unspecified atom stereocenters. The van der Waals surface area contributed by atoms with E-state index in [1.54, 1.807) is 63.4 Å². The Hall–Kier alpha value is -5.79. The number of carbonyl (C=O) groups is 7. The number of hydrogen-bond acceptors (Lipinski definition) is 12. The molecule has 394 valence electrons. The van der Waals surface area contributed by atoms with Crippen LogP contribution in [0.4, 0.5) is 9.59 Å². The van der Waals surface area contributed by atoms with Crippen molar-refractivity contribution in [3.05, 3.63) is 71.8 Å². The number of fused-ring (bicyclic) bond motifs is 2. The lowest BCUT2D eigenvalue weighted by atomic mass is 9.86. The van der Waals surface area contributed by atoms with Crippen LogP contribution in [0.5, 0.6) is 0 Å². The minimum atomic E-state index is -1.20. The van der Waals surface area contributed by atoms with Crippen LogP contribution in [0, 0.1) is 5.92 Å². The number of benzene rings is 2. The van der Waals surface area contributed by atoms with Gasteiger partial charge in [0.25, 0.3) is 0 Å². The normalized spacial score (nSPS) is 17.4. The van der Waals surface area contributed by atoms with Crippen molar-refractivity contribution in [2.75, 3.05) is 59.7 Å². The van der Waals surface area contributed by atoms with Crippen molar-refractivity contribution >= 4 is 41.8 Å². The van der Waals surface area contributed by atoms with Crippen molar-refractivity contribution in [1.82, 2.24) is 36.0 Å². The molecule has 2 heterocycles. The largest absolute Gasteiger partial charge is 0.480 e. The van der Waals surface area contributed by atoms with E-state index in [1.165, 1.54) is 0 Å². The van der Waals surface area contributed by atoms with Crippen molar-refractivity contribution in [3.63, 3.8) is 0 Å².